The summed E-state index contributed by atoms with van der Waals surface area (Å²) >= 11 is 0. The molecule has 5 heteroatoms. The van der Waals surface area contributed by atoms with Crippen molar-refractivity contribution in [2.75, 3.05) is 0 Å². The summed E-state index contributed by atoms with van der Waals surface area (Å²) in [6, 6.07) is 7.49. The quantitative estimate of drug-likeness (QED) is 0.737. The molecule has 0 aliphatic carbocycles. The molecule has 1 aromatic carbocycles. The first-order chi connectivity index (χ1) is 7.99. The molecule has 0 fully saturated rings. The highest BCUT2D eigenvalue weighted by molar-refractivity contribution is 6.60. The van der Waals surface area contributed by atoms with Crippen LogP contribution in [0.1, 0.15) is 17.0 Å². The average molecular weight is 230 g/mol. The van der Waals surface area contributed by atoms with Gasteiger partial charge in [0.25, 0.3) is 0 Å². The van der Waals surface area contributed by atoms with Gasteiger partial charge in [-0.25, -0.2) is 4.68 Å². The molecule has 1 aromatic heterocycles. The van der Waals surface area contributed by atoms with Gasteiger partial charge in [0.1, 0.15) is 0 Å². The van der Waals surface area contributed by atoms with Gasteiger partial charge in [0, 0.05) is 11.2 Å². The largest absolute Gasteiger partial charge is 0.490 e. The molecule has 2 rings (SSSR count). The van der Waals surface area contributed by atoms with Crippen molar-refractivity contribution >= 4 is 12.6 Å². The second-order valence-corrected chi connectivity index (χ2v) is 4.27. The van der Waals surface area contributed by atoms with Crippen molar-refractivity contribution in [3.63, 3.8) is 0 Å². The third-order valence-corrected chi connectivity index (χ3v) is 2.70. The topological polar surface area (TPSA) is 58.3 Å². The number of rotatable bonds is 2. The number of aryl methyl sites for hydroxylation is 3. The summed E-state index contributed by atoms with van der Waals surface area (Å²) in [6.45, 7) is 5.76. The minimum Gasteiger partial charge on any atom is -0.423 e. The van der Waals surface area contributed by atoms with Gasteiger partial charge in [0.05, 0.1) is 11.4 Å². The highest BCUT2D eigenvalue weighted by atomic mass is 16.4. The number of nitrogens with zero attached hydrogens (tertiary/aromatic N) is 2. The molecule has 0 aliphatic rings. The second-order valence-electron chi connectivity index (χ2n) is 4.27. The molecular formula is C12H15BN2O2. The highest BCUT2D eigenvalue weighted by Crippen LogP contribution is 2.11. The molecule has 0 saturated heterocycles. The maximum absolute atomic E-state index is 9.40. The predicted octanol–water partition coefficient (Wildman–Crippen LogP) is 0.477. The van der Waals surface area contributed by atoms with Crippen molar-refractivity contribution in [3.05, 3.63) is 41.2 Å². The van der Waals surface area contributed by atoms with Crippen molar-refractivity contribution in [1.82, 2.24) is 9.78 Å². The van der Waals surface area contributed by atoms with Crippen molar-refractivity contribution in [2.45, 2.75) is 20.8 Å². The molecule has 0 unspecified atom stereocenters. The Bertz CT molecular complexity index is 549. The molecule has 0 bridgehead atoms. The first-order valence-corrected chi connectivity index (χ1v) is 5.49. The number of hydrogen-bond donors (Lipinski definition) is 2. The Morgan fingerprint density at radius 1 is 1.12 bits per heavy atom. The normalized spacial score (nSPS) is 10.6. The van der Waals surface area contributed by atoms with E-state index in [0.29, 0.717) is 11.2 Å². The molecule has 0 spiro atoms. The van der Waals surface area contributed by atoms with E-state index in [-0.39, 0.29) is 0 Å². The van der Waals surface area contributed by atoms with Crippen LogP contribution in [0.15, 0.2) is 24.3 Å². The zero-order chi connectivity index (χ0) is 12.6. The van der Waals surface area contributed by atoms with Crippen molar-refractivity contribution in [1.29, 1.82) is 0 Å². The van der Waals surface area contributed by atoms with Crippen LogP contribution in [0.2, 0.25) is 0 Å². The van der Waals surface area contributed by atoms with Crippen LogP contribution in [-0.4, -0.2) is 26.9 Å². The van der Waals surface area contributed by atoms with Crippen LogP contribution in [0.4, 0.5) is 0 Å². The summed E-state index contributed by atoms with van der Waals surface area (Å²) in [4.78, 5) is 0. The summed E-state index contributed by atoms with van der Waals surface area (Å²) in [5, 5.41) is 23.2. The Hall–Kier alpha value is -1.59. The van der Waals surface area contributed by atoms with Gasteiger partial charge < -0.3 is 10.0 Å². The molecule has 0 amide bonds. The van der Waals surface area contributed by atoms with Gasteiger partial charge in [0.2, 0.25) is 0 Å². The van der Waals surface area contributed by atoms with Gasteiger partial charge in [-0.15, -0.1) is 0 Å². The maximum Gasteiger partial charge on any atom is 0.490 e. The Morgan fingerprint density at radius 2 is 1.82 bits per heavy atom. The third kappa shape index (κ3) is 2.25. The van der Waals surface area contributed by atoms with E-state index in [4.69, 9.17) is 0 Å². The summed E-state index contributed by atoms with van der Waals surface area (Å²) in [7, 11) is -1.49. The number of benzene rings is 1. The van der Waals surface area contributed by atoms with E-state index in [2.05, 4.69) is 5.10 Å². The Labute approximate surface area is 101 Å². The van der Waals surface area contributed by atoms with Crippen molar-refractivity contribution < 1.29 is 10.0 Å². The minimum atomic E-state index is -1.49. The van der Waals surface area contributed by atoms with E-state index < -0.39 is 7.12 Å². The minimum absolute atomic E-state index is 0.469. The first kappa shape index (κ1) is 11.9. The molecule has 88 valence electrons. The van der Waals surface area contributed by atoms with Crippen LogP contribution in [0, 0.1) is 20.8 Å². The van der Waals surface area contributed by atoms with Crippen LogP contribution in [0.3, 0.4) is 0 Å². The summed E-state index contributed by atoms with van der Waals surface area (Å²) in [5.74, 6) is 0. The lowest BCUT2D eigenvalue weighted by Crippen LogP contribution is -2.34. The zero-order valence-electron chi connectivity index (χ0n) is 10.2. The zero-order valence-corrected chi connectivity index (χ0v) is 10.2. The summed E-state index contributed by atoms with van der Waals surface area (Å²) in [5.41, 5.74) is 4.03. The number of hydrogen-bond acceptors (Lipinski definition) is 3. The van der Waals surface area contributed by atoms with Crippen LogP contribution in [0.5, 0.6) is 0 Å². The van der Waals surface area contributed by atoms with Crippen LogP contribution in [-0.2, 0) is 0 Å². The smallest absolute Gasteiger partial charge is 0.423 e. The average Bonchev–Trinajstić information content (AvgIpc) is 2.57. The Balaban J connectivity index is 2.62. The first-order valence-electron chi connectivity index (χ1n) is 5.49. The Kier molecular flexibility index (Phi) is 3.04. The van der Waals surface area contributed by atoms with Gasteiger partial charge in [0.15, 0.2) is 0 Å². The van der Waals surface area contributed by atoms with Crippen LogP contribution < -0.4 is 5.46 Å². The molecule has 0 aliphatic heterocycles. The van der Waals surface area contributed by atoms with E-state index >= 15 is 0 Å². The molecule has 0 saturated carbocycles. The molecule has 0 atom stereocenters. The molecule has 1 heterocycles. The van der Waals surface area contributed by atoms with Crippen LogP contribution >= 0.6 is 0 Å². The van der Waals surface area contributed by atoms with Crippen molar-refractivity contribution in [3.8, 4) is 5.69 Å². The maximum atomic E-state index is 9.40. The van der Waals surface area contributed by atoms with Gasteiger partial charge in [-0.05, 0) is 32.9 Å². The fraction of sp³-hybridized carbons (Fsp3) is 0.250. The van der Waals surface area contributed by atoms with E-state index in [1.165, 1.54) is 0 Å². The van der Waals surface area contributed by atoms with Crippen molar-refractivity contribution in [2.24, 2.45) is 0 Å². The number of aromatic nitrogens is 2. The fourth-order valence-electron chi connectivity index (χ4n) is 1.95. The third-order valence-electron chi connectivity index (χ3n) is 2.70. The lowest BCUT2D eigenvalue weighted by molar-refractivity contribution is 0.425. The predicted molar refractivity (Wildman–Crippen MR) is 67.6 cm³/mol. The van der Waals surface area contributed by atoms with Gasteiger partial charge in [-0.2, -0.15) is 5.10 Å². The van der Waals surface area contributed by atoms with Gasteiger partial charge in [-0.3, -0.25) is 0 Å². The van der Waals surface area contributed by atoms with Crippen LogP contribution in [0.25, 0.3) is 5.69 Å². The SMILES string of the molecule is Cc1ccc(-n2nc(C)cc2C)c(B(O)O)c1. The van der Waals surface area contributed by atoms with Gasteiger partial charge in [-0.1, -0.05) is 17.7 Å². The Morgan fingerprint density at radius 3 is 2.35 bits per heavy atom. The lowest BCUT2D eigenvalue weighted by Gasteiger charge is -2.11. The summed E-state index contributed by atoms with van der Waals surface area (Å²) in [6.07, 6.45) is 0. The van der Waals surface area contributed by atoms with E-state index in [1.54, 1.807) is 10.7 Å². The second kappa shape index (κ2) is 4.35. The monoisotopic (exact) mass is 230 g/mol. The fourth-order valence-corrected chi connectivity index (χ4v) is 1.95. The van der Waals surface area contributed by atoms with E-state index in [1.807, 2.05) is 39.0 Å². The molecule has 17 heavy (non-hydrogen) atoms. The molecule has 4 nitrogen and oxygen atoms in total. The molecule has 2 N–H and O–H groups in total. The molecular weight excluding hydrogens is 215 g/mol. The van der Waals surface area contributed by atoms with E-state index in [0.717, 1.165) is 17.0 Å². The molecule has 2 aromatic rings. The van der Waals surface area contributed by atoms with E-state index in [9.17, 15) is 10.0 Å². The standard InChI is InChI=1S/C12H15BN2O2/c1-8-4-5-12(11(6-8)13(16)17)15-10(3)7-9(2)14-15/h4-7,16-17H,1-3H3. The molecule has 0 radical (unpaired) electrons. The lowest BCUT2D eigenvalue weighted by atomic mass is 9.78. The highest BCUT2D eigenvalue weighted by Gasteiger charge is 2.18. The van der Waals surface area contributed by atoms with Gasteiger partial charge >= 0.3 is 7.12 Å². The summed E-state index contributed by atoms with van der Waals surface area (Å²) < 4.78 is 1.73.